The molecule has 37 heavy (non-hydrogen) atoms. The first-order valence-corrected chi connectivity index (χ1v) is 14.4. The van der Waals surface area contributed by atoms with Crippen molar-refractivity contribution in [2.24, 2.45) is 5.41 Å². The number of ether oxygens (including phenoxy) is 1. The number of rotatable bonds is 10. The largest absolute Gasteiger partial charge is 0.465 e. The van der Waals surface area contributed by atoms with Gasteiger partial charge in [-0.1, -0.05) is 33.1 Å². The highest BCUT2D eigenvalue weighted by molar-refractivity contribution is 5.64. The molecule has 9 nitrogen and oxygen atoms in total. The van der Waals surface area contributed by atoms with Crippen molar-refractivity contribution >= 4 is 6.09 Å². The highest BCUT2D eigenvalue weighted by Gasteiger charge is 2.41. The SMILES string of the molecule is CN(CCN(C)C(=O)O)Cc1cn(C2CCCCO2)nc1C1CCC(C)(C)[C@H](OOC2CCCCC2)C1. The molecular weight excluding hydrogens is 472 g/mol. The van der Waals surface area contributed by atoms with E-state index in [2.05, 4.69) is 24.9 Å². The Balaban J connectivity index is 1.47. The van der Waals surface area contributed by atoms with Crippen LogP contribution in [0.2, 0.25) is 0 Å². The predicted octanol–water partition coefficient (Wildman–Crippen LogP) is 5.57. The van der Waals surface area contributed by atoms with Crippen LogP contribution in [0.15, 0.2) is 6.20 Å². The second kappa shape index (κ2) is 12.9. The Morgan fingerprint density at radius 3 is 2.57 bits per heavy atom. The molecule has 0 spiro atoms. The Morgan fingerprint density at radius 1 is 1.11 bits per heavy atom. The van der Waals surface area contributed by atoms with Crippen molar-refractivity contribution in [2.75, 3.05) is 33.8 Å². The molecule has 2 heterocycles. The first-order valence-electron chi connectivity index (χ1n) is 14.4. The highest BCUT2D eigenvalue weighted by atomic mass is 17.2. The third-order valence-corrected chi connectivity index (χ3v) is 8.63. The lowest BCUT2D eigenvalue weighted by atomic mass is 9.70. The van der Waals surface area contributed by atoms with Gasteiger partial charge in [0.15, 0.2) is 0 Å². The summed E-state index contributed by atoms with van der Waals surface area (Å²) in [6.07, 6.45) is 13.7. The maximum atomic E-state index is 11.2. The van der Waals surface area contributed by atoms with Gasteiger partial charge in [0.25, 0.3) is 0 Å². The van der Waals surface area contributed by atoms with Crippen LogP contribution in [0.3, 0.4) is 0 Å². The van der Waals surface area contributed by atoms with Crippen molar-refractivity contribution in [1.82, 2.24) is 19.6 Å². The topological polar surface area (TPSA) is 89.3 Å². The minimum Gasteiger partial charge on any atom is -0.465 e. The number of likely N-dealkylation sites (N-methyl/N-ethyl adjacent to an activating group) is 2. The number of hydrogen-bond donors (Lipinski definition) is 1. The van der Waals surface area contributed by atoms with Gasteiger partial charge in [0, 0.05) is 51.0 Å². The van der Waals surface area contributed by atoms with Gasteiger partial charge in [-0.15, -0.1) is 0 Å². The predicted molar refractivity (Wildman–Crippen MR) is 141 cm³/mol. The highest BCUT2D eigenvalue weighted by Crippen LogP contribution is 2.45. The standard InChI is InChI=1S/C28H48N4O5/c1-28(2)14-13-21(18-24(28)37-36-23-10-6-5-7-11-23)26-22(19-30(3)15-16-31(4)27(33)34)20-32(29-26)25-12-8-9-17-35-25/h20-21,23-25H,5-19H2,1-4H3,(H,33,34)/t21?,24-,25?/m1/s1. The van der Waals surface area contributed by atoms with Crippen LogP contribution in [-0.4, -0.2) is 76.8 Å². The van der Waals surface area contributed by atoms with Crippen LogP contribution in [0, 0.1) is 5.41 Å². The van der Waals surface area contributed by atoms with Gasteiger partial charge in [-0.05, 0) is 63.8 Å². The van der Waals surface area contributed by atoms with Crippen LogP contribution in [-0.2, 0) is 21.1 Å². The van der Waals surface area contributed by atoms with Crippen molar-refractivity contribution in [3.05, 3.63) is 17.5 Å². The minimum atomic E-state index is -0.900. The summed E-state index contributed by atoms with van der Waals surface area (Å²) < 4.78 is 8.10. The minimum absolute atomic E-state index is 0.00795. The second-order valence-electron chi connectivity index (χ2n) is 12.2. The fraction of sp³-hybridized carbons (Fsp3) is 0.857. The normalized spacial score (nSPS) is 26.9. The molecule has 1 aromatic heterocycles. The van der Waals surface area contributed by atoms with E-state index in [9.17, 15) is 9.90 Å². The third kappa shape index (κ3) is 7.68. The molecule has 1 aromatic rings. The monoisotopic (exact) mass is 520 g/mol. The van der Waals surface area contributed by atoms with Gasteiger partial charge in [-0.3, -0.25) is 0 Å². The summed E-state index contributed by atoms with van der Waals surface area (Å²) >= 11 is 0. The lowest BCUT2D eigenvalue weighted by molar-refractivity contribution is -0.374. The molecule has 2 saturated carbocycles. The number of carbonyl (C=O) groups is 1. The molecule has 2 unspecified atom stereocenters. The van der Waals surface area contributed by atoms with Crippen molar-refractivity contribution in [1.29, 1.82) is 0 Å². The Labute approximate surface area is 222 Å². The molecule has 1 N–H and O–H groups in total. The van der Waals surface area contributed by atoms with Crippen LogP contribution in [0.4, 0.5) is 4.79 Å². The Hall–Kier alpha value is -1.68. The summed E-state index contributed by atoms with van der Waals surface area (Å²) in [5.74, 6) is 0.294. The molecule has 4 rings (SSSR count). The van der Waals surface area contributed by atoms with Crippen LogP contribution in [0.1, 0.15) is 108 Å². The molecule has 9 heteroatoms. The van der Waals surface area contributed by atoms with E-state index in [1.165, 1.54) is 29.7 Å². The van der Waals surface area contributed by atoms with Crippen LogP contribution in [0.25, 0.3) is 0 Å². The summed E-state index contributed by atoms with van der Waals surface area (Å²) in [7, 11) is 3.65. The Morgan fingerprint density at radius 2 is 1.86 bits per heavy atom. The number of carboxylic acid groups (broad SMARTS) is 1. The molecule has 1 aliphatic heterocycles. The zero-order valence-electron chi connectivity index (χ0n) is 23.4. The molecule has 0 radical (unpaired) electrons. The lowest BCUT2D eigenvalue weighted by Gasteiger charge is -2.41. The smallest absolute Gasteiger partial charge is 0.407 e. The maximum Gasteiger partial charge on any atom is 0.407 e. The average molecular weight is 521 g/mol. The molecule has 1 saturated heterocycles. The van der Waals surface area contributed by atoms with E-state index in [1.54, 1.807) is 7.05 Å². The number of nitrogens with zero attached hydrogens (tertiary/aromatic N) is 4. The number of hydrogen-bond acceptors (Lipinski definition) is 6. The van der Waals surface area contributed by atoms with Gasteiger partial charge in [0.05, 0.1) is 17.9 Å². The summed E-state index contributed by atoms with van der Waals surface area (Å²) in [6, 6.07) is 0. The lowest BCUT2D eigenvalue weighted by Crippen LogP contribution is -2.39. The number of amides is 1. The van der Waals surface area contributed by atoms with E-state index >= 15 is 0 Å². The van der Waals surface area contributed by atoms with Crippen molar-refractivity contribution in [3.8, 4) is 0 Å². The van der Waals surface area contributed by atoms with E-state index in [-0.39, 0.29) is 23.9 Å². The molecule has 3 fully saturated rings. The summed E-state index contributed by atoms with van der Waals surface area (Å²) in [4.78, 5) is 26.9. The molecule has 1 amide bonds. The van der Waals surface area contributed by atoms with Gasteiger partial charge in [-0.2, -0.15) is 5.10 Å². The van der Waals surface area contributed by atoms with E-state index < -0.39 is 6.09 Å². The van der Waals surface area contributed by atoms with Crippen LogP contribution < -0.4 is 0 Å². The first-order chi connectivity index (χ1) is 17.7. The molecule has 0 aromatic carbocycles. The first kappa shape index (κ1) is 28.3. The molecule has 210 valence electrons. The number of aromatic nitrogens is 2. The van der Waals surface area contributed by atoms with E-state index in [0.717, 1.165) is 70.2 Å². The van der Waals surface area contributed by atoms with Gasteiger partial charge in [0.1, 0.15) is 6.23 Å². The molecule has 0 bridgehead atoms. The van der Waals surface area contributed by atoms with E-state index in [1.807, 2.05) is 11.7 Å². The van der Waals surface area contributed by atoms with Crippen molar-refractivity contribution in [2.45, 2.75) is 115 Å². The molecular formula is C28H48N4O5. The quantitative estimate of drug-likeness (QED) is 0.319. The molecule has 3 atom stereocenters. The van der Waals surface area contributed by atoms with Gasteiger partial charge < -0.3 is 19.6 Å². The van der Waals surface area contributed by atoms with Crippen molar-refractivity contribution in [3.63, 3.8) is 0 Å². The Kier molecular flexibility index (Phi) is 9.89. The summed E-state index contributed by atoms with van der Waals surface area (Å²) in [5.41, 5.74) is 2.39. The van der Waals surface area contributed by atoms with E-state index in [0.29, 0.717) is 19.0 Å². The summed E-state index contributed by atoms with van der Waals surface area (Å²) in [5, 5.41) is 14.3. The van der Waals surface area contributed by atoms with E-state index in [4.69, 9.17) is 19.6 Å². The zero-order valence-corrected chi connectivity index (χ0v) is 23.4. The molecule has 3 aliphatic rings. The second-order valence-corrected chi connectivity index (χ2v) is 12.2. The van der Waals surface area contributed by atoms with Gasteiger partial charge in [0.2, 0.25) is 0 Å². The Bertz CT molecular complexity index is 863. The average Bonchev–Trinajstić information content (AvgIpc) is 3.31. The zero-order chi connectivity index (χ0) is 26.4. The fourth-order valence-electron chi connectivity index (χ4n) is 5.90. The van der Waals surface area contributed by atoms with Crippen LogP contribution in [0.5, 0.6) is 0 Å². The van der Waals surface area contributed by atoms with Gasteiger partial charge in [-0.25, -0.2) is 19.3 Å². The van der Waals surface area contributed by atoms with Gasteiger partial charge >= 0.3 is 6.09 Å². The molecule has 2 aliphatic carbocycles. The maximum absolute atomic E-state index is 11.2. The summed E-state index contributed by atoms with van der Waals surface area (Å²) in [6.45, 7) is 7.21. The third-order valence-electron chi connectivity index (χ3n) is 8.63. The van der Waals surface area contributed by atoms with Crippen LogP contribution >= 0.6 is 0 Å². The van der Waals surface area contributed by atoms with Crippen molar-refractivity contribution < 1.29 is 24.4 Å². The fourth-order valence-corrected chi connectivity index (χ4v) is 5.90.